The quantitative estimate of drug-likeness (QED) is 0.236. The van der Waals surface area contributed by atoms with E-state index in [2.05, 4.69) is 0 Å². The molecular weight excluding hydrogens is 416 g/mol. The molecule has 0 atom stereocenters. The number of rotatable bonds is 1. The number of furan rings is 2. The van der Waals surface area contributed by atoms with Crippen molar-refractivity contribution < 1.29 is 21.2 Å². The molecule has 158 valence electrons. The average molecular weight is 444 g/mol. The fourth-order valence-corrected chi connectivity index (χ4v) is 4.98. The van der Waals surface area contributed by atoms with Crippen molar-refractivity contribution in [3.63, 3.8) is 0 Å². The summed E-state index contributed by atoms with van der Waals surface area (Å²) < 4.78 is 90.3. The summed E-state index contributed by atoms with van der Waals surface area (Å²) in [5.74, 6) is 0. The Labute approximate surface area is 207 Å². The maximum atomic E-state index is 8.98. The lowest BCUT2D eigenvalue weighted by molar-refractivity contribution is 0.633. The fourth-order valence-electron chi connectivity index (χ4n) is 4.98. The first kappa shape index (κ1) is 11.5. The van der Waals surface area contributed by atoms with Crippen molar-refractivity contribution in [3.8, 4) is 11.1 Å². The minimum Gasteiger partial charge on any atom is -0.452 e. The van der Waals surface area contributed by atoms with Gasteiger partial charge in [-0.3, -0.25) is 0 Å². The molecule has 6 aromatic carbocycles. The van der Waals surface area contributed by atoms with Crippen molar-refractivity contribution in [2.75, 3.05) is 0 Å². The Balaban J connectivity index is 1.66. The van der Waals surface area contributed by atoms with E-state index in [9.17, 15) is 0 Å². The highest BCUT2D eigenvalue weighted by Crippen LogP contribution is 2.45. The lowest BCUT2D eigenvalue weighted by Crippen LogP contribution is -1.86. The summed E-state index contributed by atoms with van der Waals surface area (Å²) in [5.41, 5.74) is 2.79. The Kier molecular flexibility index (Phi) is 2.20. The molecular formula is C32H18O2. The Hall–Kier alpha value is -4.56. The monoisotopic (exact) mass is 443 g/mol. The Morgan fingerprint density at radius 2 is 1.18 bits per heavy atom. The predicted molar refractivity (Wildman–Crippen MR) is 141 cm³/mol. The molecule has 0 saturated heterocycles. The van der Waals surface area contributed by atoms with Crippen LogP contribution in [0, 0.1) is 0 Å². The predicted octanol–water partition coefficient (Wildman–Crippen LogP) is 9.46. The van der Waals surface area contributed by atoms with Crippen molar-refractivity contribution in [2.45, 2.75) is 0 Å². The van der Waals surface area contributed by atoms with Crippen LogP contribution < -0.4 is 0 Å². The molecule has 0 unspecified atom stereocenters. The first-order valence-electron chi connectivity index (χ1n) is 15.3. The van der Waals surface area contributed by atoms with E-state index >= 15 is 0 Å². The van der Waals surface area contributed by atoms with Gasteiger partial charge < -0.3 is 8.83 Å². The molecule has 2 nitrogen and oxygen atoms in total. The summed E-state index contributed by atoms with van der Waals surface area (Å²) in [6, 6.07) is 12.5. The molecule has 8 rings (SSSR count). The zero-order valence-electron chi connectivity index (χ0n) is 26.5. The number of para-hydroxylation sites is 1. The van der Waals surface area contributed by atoms with Crippen molar-refractivity contribution in [3.05, 3.63) is 109 Å². The van der Waals surface area contributed by atoms with Gasteiger partial charge in [0.2, 0.25) is 0 Å². The Morgan fingerprint density at radius 3 is 2.00 bits per heavy atom. The van der Waals surface area contributed by atoms with Gasteiger partial charge in [0.15, 0.2) is 11.2 Å². The van der Waals surface area contributed by atoms with Crippen LogP contribution in [0.3, 0.4) is 0 Å². The maximum Gasteiger partial charge on any atom is 0.178 e. The molecule has 0 aliphatic heterocycles. The molecule has 2 aromatic heterocycles. The smallest absolute Gasteiger partial charge is 0.178 e. The van der Waals surface area contributed by atoms with Crippen molar-refractivity contribution in [1.82, 2.24) is 0 Å². The van der Waals surface area contributed by atoms with E-state index < -0.39 is 48.3 Å². The number of hydrogen-bond donors (Lipinski definition) is 0. The molecule has 2 heteroatoms. The molecule has 0 spiro atoms. The molecule has 0 radical (unpaired) electrons. The number of benzene rings is 6. The highest BCUT2D eigenvalue weighted by molar-refractivity contribution is 6.24. The van der Waals surface area contributed by atoms with E-state index in [4.69, 9.17) is 21.2 Å². The van der Waals surface area contributed by atoms with E-state index in [0.29, 0.717) is 38.7 Å². The molecule has 2 heterocycles. The largest absolute Gasteiger partial charge is 0.452 e. The lowest BCUT2D eigenvalue weighted by atomic mass is 9.90. The Bertz CT molecular complexity index is 2480. The standard InChI is InChI=1S/C32H18O2/c1-3-10-21-19(8-1)18-20-9-2-4-11-22(20)29(21)25-13-7-15-28-30(25)26-17-16-24-23-12-5-6-14-27(23)33-31(24)32(26)34-28/h1-18H/i1D,2D,3D,4D,8D,9D,10D,11D,18D. The van der Waals surface area contributed by atoms with Crippen LogP contribution in [0.4, 0.5) is 0 Å². The average Bonchev–Trinajstić information content (AvgIpc) is 3.59. The molecule has 8 aromatic rings. The maximum absolute atomic E-state index is 8.98. The van der Waals surface area contributed by atoms with Gasteiger partial charge in [-0.05, 0) is 63.0 Å². The second-order valence-corrected chi connectivity index (χ2v) is 8.20. The minimum atomic E-state index is -0.531. The second kappa shape index (κ2) is 6.49. The zero-order chi connectivity index (χ0) is 30.1. The van der Waals surface area contributed by atoms with Gasteiger partial charge in [0, 0.05) is 21.5 Å². The second-order valence-electron chi connectivity index (χ2n) is 8.20. The van der Waals surface area contributed by atoms with Crippen LogP contribution in [0.25, 0.3) is 76.5 Å². The van der Waals surface area contributed by atoms with Gasteiger partial charge in [-0.15, -0.1) is 0 Å². The van der Waals surface area contributed by atoms with Crippen LogP contribution in [-0.2, 0) is 0 Å². The van der Waals surface area contributed by atoms with Gasteiger partial charge in [-0.2, -0.15) is 0 Å². The first-order valence-corrected chi connectivity index (χ1v) is 10.8. The van der Waals surface area contributed by atoms with E-state index in [0.717, 1.165) is 10.8 Å². The SMILES string of the molecule is [2H]c1c([2H])c([2H])c2c(-c3cccc4oc5c(ccc6c7ccccc7oc65)c34)c3c([2H])c([2H])c([2H])c([2H])c3c([2H])c2c1[2H]. The molecule has 0 fully saturated rings. The van der Waals surface area contributed by atoms with Crippen molar-refractivity contribution >= 4 is 65.4 Å². The van der Waals surface area contributed by atoms with Crippen LogP contribution in [0.15, 0.2) is 118 Å². The third-order valence-electron chi connectivity index (χ3n) is 6.40. The first-order chi connectivity index (χ1) is 20.6. The molecule has 0 amide bonds. The number of hydrogen-bond acceptors (Lipinski definition) is 2. The van der Waals surface area contributed by atoms with Gasteiger partial charge in [-0.25, -0.2) is 0 Å². The van der Waals surface area contributed by atoms with Crippen LogP contribution in [0.5, 0.6) is 0 Å². The summed E-state index contributed by atoms with van der Waals surface area (Å²) in [7, 11) is 0. The molecule has 34 heavy (non-hydrogen) atoms. The van der Waals surface area contributed by atoms with E-state index in [1.807, 2.05) is 36.4 Å². The molecule has 0 saturated carbocycles. The van der Waals surface area contributed by atoms with Crippen molar-refractivity contribution in [2.24, 2.45) is 0 Å². The highest BCUT2D eigenvalue weighted by Gasteiger charge is 2.20. The van der Waals surface area contributed by atoms with Gasteiger partial charge in [0.1, 0.15) is 11.2 Å². The summed E-state index contributed by atoms with van der Waals surface area (Å²) in [4.78, 5) is 0. The van der Waals surface area contributed by atoms with Crippen molar-refractivity contribution in [1.29, 1.82) is 0 Å². The highest BCUT2D eigenvalue weighted by atomic mass is 16.4. The summed E-state index contributed by atoms with van der Waals surface area (Å²) in [6.45, 7) is 0. The molecule has 0 aliphatic rings. The van der Waals surface area contributed by atoms with E-state index in [-0.39, 0.29) is 33.2 Å². The van der Waals surface area contributed by atoms with Gasteiger partial charge in [0.25, 0.3) is 0 Å². The molecule has 0 N–H and O–H groups in total. The third-order valence-corrected chi connectivity index (χ3v) is 6.40. The summed E-state index contributed by atoms with van der Waals surface area (Å²) in [6.07, 6.45) is 0. The normalized spacial score (nSPS) is 15.8. The van der Waals surface area contributed by atoms with Gasteiger partial charge in [0.05, 0.1) is 12.3 Å². The van der Waals surface area contributed by atoms with Crippen LogP contribution in [-0.4, -0.2) is 0 Å². The van der Waals surface area contributed by atoms with Crippen LogP contribution in [0.1, 0.15) is 12.3 Å². The minimum absolute atomic E-state index is 0.000181. The Morgan fingerprint density at radius 1 is 0.529 bits per heavy atom. The summed E-state index contributed by atoms with van der Waals surface area (Å²) >= 11 is 0. The summed E-state index contributed by atoms with van der Waals surface area (Å²) in [5, 5.41) is 2.79. The van der Waals surface area contributed by atoms with Gasteiger partial charge in [-0.1, -0.05) is 78.7 Å². The van der Waals surface area contributed by atoms with Gasteiger partial charge >= 0.3 is 0 Å². The number of fused-ring (bicyclic) bond motifs is 9. The van der Waals surface area contributed by atoms with E-state index in [1.165, 1.54) is 0 Å². The topological polar surface area (TPSA) is 26.3 Å². The zero-order valence-corrected chi connectivity index (χ0v) is 17.5. The van der Waals surface area contributed by atoms with Crippen LogP contribution in [0.2, 0.25) is 0 Å². The fraction of sp³-hybridized carbons (Fsp3) is 0. The lowest BCUT2D eigenvalue weighted by Gasteiger charge is -2.13. The molecule has 0 bridgehead atoms. The van der Waals surface area contributed by atoms with E-state index in [1.54, 1.807) is 18.2 Å². The molecule has 0 aliphatic carbocycles. The van der Waals surface area contributed by atoms with Crippen LogP contribution >= 0.6 is 0 Å². The third kappa shape index (κ3) is 2.29.